The molecule has 0 radical (unpaired) electrons. The van der Waals surface area contributed by atoms with E-state index in [4.69, 9.17) is 0 Å². The molecular weight excluding hydrogens is 785 g/mol. The van der Waals surface area contributed by atoms with Gasteiger partial charge in [-0.05, 0) is 133 Å². The zero-order valence-corrected chi connectivity index (χ0v) is 36.3. The van der Waals surface area contributed by atoms with E-state index >= 15 is 0 Å². The molecule has 0 atom stereocenters. The lowest BCUT2D eigenvalue weighted by atomic mass is 9.80. The predicted octanol–water partition coefficient (Wildman–Crippen LogP) is 17.2. The fraction of sp³-hybridized carbons (Fsp3) is 0.0476. The molecule has 0 aliphatic heterocycles. The van der Waals surface area contributed by atoms with Crippen LogP contribution in [-0.2, 0) is 5.41 Å². The minimum Gasteiger partial charge on any atom is -0.310 e. The quantitative estimate of drug-likeness (QED) is 0.168. The third-order valence-corrected chi connectivity index (χ3v) is 14.2. The summed E-state index contributed by atoms with van der Waals surface area (Å²) in [6.07, 6.45) is 0. The average Bonchev–Trinajstić information content (AvgIpc) is 3.82. The van der Waals surface area contributed by atoms with Gasteiger partial charge in [0.1, 0.15) is 0 Å². The fourth-order valence-electron chi connectivity index (χ4n) is 11.1. The van der Waals surface area contributed by atoms with Crippen molar-refractivity contribution in [3.63, 3.8) is 0 Å². The van der Waals surface area contributed by atoms with Gasteiger partial charge in [0.2, 0.25) is 0 Å². The van der Waals surface area contributed by atoms with Crippen molar-refractivity contribution in [2.75, 3.05) is 4.90 Å². The zero-order chi connectivity index (χ0) is 43.2. The number of para-hydroxylation sites is 2. The summed E-state index contributed by atoms with van der Waals surface area (Å²) in [6.45, 7) is 4.73. The maximum absolute atomic E-state index is 2.50. The third kappa shape index (κ3) is 5.67. The first-order chi connectivity index (χ1) is 32.0. The van der Waals surface area contributed by atoms with Crippen molar-refractivity contribution in [2.45, 2.75) is 19.3 Å². The Morgan fingerprint density at radius 1 is 0.338 bits per heavy atom. The monoisotopic (exact) mass is 828 g/mol. The molecule has 10 aromatic carbocycles. The molecule has 0 saturated carbocycles. The number of hydrogen-bond donors (Lipinski definition) is 0. The minimum atomic E-state index is -0.137. The SMILES string of the molecule is CC1(C)c2ccccc2-c2c(N(c3ccc(-c4ccc5c(c4)c4ccccc4n5-c4ccccc4)cc3)c3ccc4c(c3)-c3ccccc3-c3ccccc3-c3ccccc3-4)cccc21. The highest BCUT2D eigenvalue weighted by atomic mass is 15.1. The first-order valence-corrected chi connectivity index (χ1v) is 22.7. The zero-order valence-electron chi connectivity index (χ0n) is 36.3. The van der Waals surface area contributed by atoms with Crippen LogP contribution >= 0.6 is 0 Å². The normalized spacial score (nSPS) is 12.9. The van der Waals surface area contributed by atoms with Gasteiger partial charge in [-0.2, -0.15) is 0 Å². The van der Waals surface area contributed by atoms with Crippen molar-refractivity contribution in [2.24, 2.45) is 0 Å². The van der Waals surface area contributed by atoms with Crippen molar-refractivity contribution >= 4 is 38.9 Å². The van der Waals surface area contributed by atoms with Gasteiger partial charge in [-0.25, -0.2) is 0 Å². The Balaban J connectivity index is 1.01. The summed E-state index contributed by atoms with van der Waals surface area (Å²) in [5.41, 5.74) is 24.5. The molecule has 306 valence electrons. The molecule has 2 aliphatic carbocycles. The summed E-state index contributed by atoms with van der Waals surface area (Å²) < 4.78 is 2.38. The van der Waals surface area contributed by atoms with E-state index in [-0.39, 0.29) is 5.41 Å². The van der Waals surface area contributed by atoms with E-state index in [0.717, 1.165) is 11.4 Å². The van der Waals surface area contributed by atoms with E-state index in [2.05, 4.69) is 254 Å². The lowest BCUT2D eigenvalue weighted by Gasteiger charge is -2.30. The number of anilines is 3. The van der Waals surface area contributed by atoms with Crippen LogP contribution in [0.4, 0.5) is 17.1 Å². The van der Waals surface area contributed by atoms with Crippen LogP contribution in [0, 0.1) is 0 Å². The Kier molecular flexibility index (Phi) is 8.29. The largest absolute Gasteiger partial charge is 0.310 e. The lowest BCUT2D eigenvalue weighted by Crippen LogP contribution is -2.16. The molecule has 0 N–H and O–H groups in total. The maximum Gasteiger partial charge on any atom is 0.0543 e. The van der Waals surface area contributed by atoms with Crippen LogP contribution in [0.3, 0.4) is 0 Å². The summed E-state index contributed by atoms with van der Waals surface area (Å²) in [4.78, 5) is 2.50. The van der Waals surface area contributed by atoms with Gasteiger partial charge in [-0.1, -0.05) is 184 Å². The van der Waals surface area contributed by atoms with Gasteiger partial charge in [0, 0.05) is 38.8 Å². The molecule has 2 heteroatoms. The Labute approximate surface area is 380 Å². The highest BCUT2D eigenvalue weighted by Crippen LogP contribution is 2.55. The van der Waals surface area contributed by atoms with E-state index < -0.39 is 0 Å². The average molecular weight is 829 g/mol. The van der Waals surface area contributed by atoms with E-state index in [1.807, 2.05) is 0 Å². The second-order valence-electron chi connectivity index (χ2n) is 18.0. The van der Waals surface area contributed by atoms with Crippen molar-refractivity contribution in [3.8, 4) is 72.4 Å². The van der Waals surface area contributed by atoms with Crippen molar-refractivity contribution < 1.29 is 0 Å². The number of aromatic nitrogens is 1. The van der Waals surface area contributed by atoms with Crippen LogP contribution in [0.1, 0.15) is 25.0 Å². The van der Waals surface area contributed by atoms with Crippen LogP contribution in [0.5, 0.6) is 0 Å². The van der Waals surface area contributed by atoms with E-state index in [9.17, 15) is 0 Å². The Morgan fingerprint density at radius 2 is 0.846 bits per heavy atom. The molecule has 11 aromatic rings. The predicted molar refractivity (Wildman–Crippen MR) is 274 cm³/mol. The van der Waals surface area contributed by atoms with E-state index in [0.29, 0.717) is 0 Å². The van der Waals surface area contributed by atoms with Crippen LogP contribution in [0.2, 0.25) is 0 Å². The van der Waals surface area contributed by atoms with Crippen LogP contribution in [0.15, 0.2) is 231 Å². The molecule has 65 heavy (non-hydrogen) atoms. The van der Waals surface area contributed by atoms with Gasteiger partial charge >= 0.3 is 0 Å². The van der Waals surface area contributed by atoms with Crippen molar-refractivity contribution in [1.29, 1.82) is 0 Å². The molecular formula is C63H44N2. The Hall–Kier alpha value is -8.20. The molecule has 1 aromatic heterocycles. The first-order valence-electron chi connectivity index (χ1n) is 22.7. The first kappa shape index (κ1) is 37.4. The second kappa shape index (κ2) is 14.4. The molecule has 0 spiro atoms. The molecule has 2 nitrogen and oxygen atoms in total. The Bertz CT molecular complexity index is 3680. The molecule has 0 unspecified atom stereocenters. The number of nitrogens with zero attached hydrogens (tertiary/aromatic N) is 2. The molecule has 0 bridgehead atoms. The maximum atomic E-state index is 2.50. The Morgan fingerprint density at radius 3 is 1.52 bits per heavy atom. The summed E-state index contributed by atoms with van der Waals surface area (Å²) in [5, 5.41) is 2.50. The summed E-state index contributed by atoms with van der Waals surface area (Å²) in [6, 6.07) is 85.3. The summed E-state index contributed by atoms with van der Waals surface area (Å²) in [7, 11) is 0. The number of hydrogen-bond acceptors (Lipinski definition) is 1. The summed E-state index contributed by atoms with van der Waals surface area (Å²) >= 11 is 0. The van der Waals surface area contributed by atoms with Crippen LogP contribution in [-0.4, -0.2) is 4.57 Å². The van der Waals surface area contributed by atoms with Crippen LogP contribution < -0.4 is 4.90 Å². The standard InChI is InChI=1S/C63H44N2/c1-63(2)57-27-14-12-26-54(57)62-58(63)28-16-30-61(62)64(45-36-37-52-50-23-9-8-21-48(50)46-19-6-7-20-47(46)49-22-10-11-24-51(49)55(52)40-45)44-34-31-41(32-35-44)42-33-38-60-56(39-42)53-25-13-15-29-59(53)65(60)43-17-4-3-5-18-43/h3-40H,1-2H3. The fourth-order valence-corrected chi connectivity index (χ4v) is 11.1. The van der Waals surface area contributed by atoms with Gasteiger partial charge in [0.15, 0.2) is 0 Å². The van der Waals surface area contributed by atoms with Gasteiger partial charge in [0.05, 0.1) is 16.7 Å². The van der Waals surface area contributed by atoms with Crippen LogP contribution in [0.25, 0.3) is 94.3 Å². The number of rotatable bonds is 5. The molecule has 0 amide bonds. The van der Waals surface area contributed by atoms with Gasteiger partial charge < -0.3 is 9.47 Å². The highest BCUT2D eigenvalue weighted by molar-refractivity contribution is 6.11. The molecule has 1 heterocycles. The second-order valence-corrected chi connectivity index (χ2v) is 18.0. The molecule has 0 fully saturated rings. The van der Waals surface area contributed by atoms with Crippen molar-refractivity contribution in [1.82, 2.24) is 4.57 Å². The molecule has 13 rings (SSSR count). The summed E-state index contributed by atoms with van der Waals surface area (Å²) in [5.74, 6) is 0. The topological polar surface area (TPSA) is 8.17 Å². The molecule has 2 aliphatic rings. The van der Waals surface area contributed by atoms with E-state index in [1.54, 1.807) is 0 Å². The third-order valence-electron chi connectivity index (χ3n) is 14.2. The molecule has 0 saturated heterocycles. The number of fused-ring (bicyclic) bond motifs is 14. The van der Waals surface area contributed by atoms with E-state index in [1.165, 1.54) is 111 Å². The smallest absolute Gasteiger partial charge is 0.0543 e. The van der Waals surface area contributed by atoms with Gasteiger partial charge in [-0.15, -0.1) is 0 Å². The van der Waals surface area contributed by atoms with Gasteiger partial charge in [-0.3, -0.25) is 0 Å². The highest BCUT2D eigenvalue weighted by Gasteiger charge is 2.38. The number of benzene rings is 10. The minimum absolute atomic E-state index is 0.137. The van der Waals surface area contributed by atoms with Gasteiger partial charge in [0.25, 0.3) is 0 Å². The lowest BCUT2D eigenvalue weighted by molar-refractivity contribution is 0.660. The van der Waals surface area contributed by atoms with Crippen molar-refractivity contribution in [3.05, 3.63) is 242 Å².